The zero-order valence-corrected chi connectivity index (χ0v) is 42.2. The van der Waals surface area contributed by atoms with E-state index in [0.717, 1.165) is 99.6 Å². The van der Waals surface area contributed by atoms with E-state index in [1.54, 1.807) is 0 Å². The summed E-state index contributed by atoms with van der Waals surface area (Å²) in [5.74, 6) is -1.06. The summed E-state index contributed by atoms with van der Waals surface area (Å²) in [4.78, 5) is 88.4. The van der Waals surface area contributed by atoms with E-state index in [-0.39, 0.29) is 47.7 Å². The van der Waals surface area contributed by atoms with Crippen molar-refractivity contribution >= 4 is 69.1 Å². The summed E-state index contributed by atoms with van der Waals surface area (Å²) in [5.41, 5.74) is 4.28. The number of hydrogen-bond donors (Lipinski definition) is 10. The van der Waals surface area contributed by atoms with E-state index in [2.05, 4.69) is 41.3 Å². The lowest BCUT2D eigenvalue weighted by atomic mass is 9.87. The number of aromatic nitrogens is 4. The molecule has 11 N–H and O–H groups in total. The Morgan fingerprint density at radius 1 is 0.868 bits per heavy atom. The van der Waals surface area contributed by atoms with Crippen molar-refractivity contribution in [3.05, 3.63) is 12.7 Å². The van der Waals surface area contributed by atoms with Crippen LogP contribution in [0.1, 0.15) is 130 Å². The number of fused-ring (bicyclic) bond motifs is 1. The molecule has 1 aliphatic rings. The molecule has 68 heavy (non-hydrogen) atoms. The molecule has 29 heteroatoms. The number of carbonyl (C=O) groups excluding carboxylic acids is 3. The number of nitrogens with one attached hydrogen (secondary N) is 2. The minimum atomic E-state index is -5.58. The van der Waals surface area contributed by atoms with Crippen LogP contribution < -0.4 is 16.4 Å². The lowest BCUT2D eigenvalue weighted by Gasteiger charge is -2.30. The Balaban J connectivity index is 1.29. The Hall–Kier alpha value is -2.48. The maximum absolute atomic E-state index is 12.7. The molecule has 0 radical (unpaired) electrons. The quantitative estimate of drug-likeness (QED) is 0.0346. The summed E-state index contributed by atoms with van der Waals surface area (Å²) in [6.07, 6.45) is 8.35. The number of nitrogens with zero attached hydrogens (tertiary/aromatic N) is 4. The second-order valence-electron chi connectivity index (χ2n) is 17.2. The van der Waals surface area contributed by atoms with Crippen molar-refractivity contribution in [3.63, 3.8) is 0 Å². The summed E-state index contributed by atoms with van der Waals surface area (Å²) in [7, 11) is -16.4. The highest BCUT2D eigenvalue weighted by Crippen LogP contribution is 2.61. The first-order valence-electron chi connectivity index (χ1n) is 22.7. The number of imidazole rings is 1. The molecule has 0 spiro atoms. The van der Waals surface area contributed by atoms with E-state index < -0.39 is 84.6 Å². The molecule has 8 atom stereocenters. The Kier molecular flexibility index (Phi) is 25.6. The SMILES string of the molecule is CCCCCCC(O)CCCCCCCCCCC(=O)SCCNC(=O)CCNC(=O)C(O)C(C)(C)COP(=O)(O)OP(=O)(O)OCC1OC(n2cnc3c(N)ncnc32)C(O)C1OP(=O)(O)O. The van der Waals surface area contributed by atoms with Crippen LogP contribution in [0.15, 0.2) is 12.7 Å². The van der Waals surface area contributed by atoms with Crippen molar-refractivity contribution in [3.8, 4) is 0 Å². The molecule has 3 heterocycles. The molecule has 0 aromatic carbocycles. The van der Waals surface area contributed by atoms with Crippen molar-refractivity contribution < 1.29 is 85.6 Å². The molecule has 2 aromatic heterocycles. The summed E-state index contributed by atoms with van der Waals surface area (Å²) in [6.45, 7) is 2.71. The Morgan fingerprint density at radius 3 is 2.13 bits per heavy atom. The van der Waals surface area contributed by atoms with Crippen molar-refractivity contribution in [1.82, 2.24) is 30.2 Å². The molecule has 25 nitrogen and oxygen atoms in total. The van der Waals surface area contributed by atoms with Gasteiger partial charge in [-0.25, -0.2) is 28.6 Å². The molecule has 2 aromatic rings. The number of anilines is 1. The third kappa shape index (κ3) is 21.9. The number of unbranched alkanes of at least 4 members (excludes halogenated alkanes) is 10. The van der Waals surface area contributed by atoms with Gasteiger partial charge in [0.15, 0.2) is 22.8 Å². The topological polar surface area (TPSA) is 384 Å². The highest BCUT2D eigenvalue weighted by Gasteiger charge is 2.50. The van der Waals surface area contributed by atoms with Gasteiger partial charge >= 0.3 is 23.5 Å². The molecule has 1 aliphatic heterocycles. The number of amides is 2. The van der Waals surface area contributed by atoms with Gasteiger partial charge in [-0.05, 0) is 19.3 Å². The van der Waals surface area contributed by atoms with E-state index in [1.807, 2.05) is 0 Å². The van der Waals surface area contributed by atoms with Crippen LogP contribution in [0, 0.1) is 5.41 Å². The van der Waals surface area contributed by atoms with Crippen LogP contribution >= 0.6 is 35.2 Å². The average molecular weight is 1050 g/mol. The number of nitrogens with two attached hydrogens (primary N) is 1. The number of ether oxygens (including phenoxy) is 1. The van der Waals surface area contributed by atoms with Crippen LogP contribution in [0.5, 0.6) is 0 Å². The first kappa shape index (κ1) is 59.8. The second-order valence-corrected chi connectivity index (χ2v) is 22.5. The van der Waals surface area contributed by atoms with E-state index >= 15 is 0 Å². The number of aliphatic hydroxyl groups excluding tert-OH is 3. The number of phosphoric acid groups is 3. The first-order valence-corrected chi connectivity index (χ1v) is 28.2. The summed E-state index contributed by atoms with van der Waals surface area (Å²) >= 11 is 1.14. The minimum Gasteiger partial charge on any atom is -0.393 e. The van der Waals surface area contributed by atoms with Crippen LogP contribution in [0.4, 0.5) is 5.82 Å². The maximum atomic E-state index is 12.7. The molecule has 1 fully saturated rings. The van der Waals surface area contributed by atoms with Gasteiger partial charge in [0.25, 0.3) is 0 Å². The van der Waals surface area contributed by atoms with Gasteiger partial charge in [-0.15, -0.1) is 0 Å². The van der Waals surface area contributed by atoms with Gasteiger partial charge in [0.1, 0.15) is 36.3 Å². The fraction of sp³-hybridized carbons (Fsp3) is 0.795. The monoisotopic (exact) mass is 1050 g/mol. The van der Waals surface area contributed by atoms with Gasteiger partial charge in [-0.1, -0.05) is 103 Å². The van der Waals surface area contributed by atoms with Crippen molar-refractivity contribution in [2.24, 2.45) is 5.41 Å². The van der Waals surface area contributed by atoms with Gasteiger partial charge in [0.2, 0.25) is 11.8 Å². The van der Waals surface area contributed by atoms with Gasteiger partial charge in [0.05, 0.1) is 25.6 Å². The molecule has 8 unspecified atom stereocenters. The highest BCUT2D eigenvalue weighted by atomic mass is 32.2. The number of rotatable bonds is 35. The Labute approximate surface area is 399 Å². The largest absolute Gasteiger partial charge is 0.481 e. The highest BCUT2D eigenvalue weighted by molar-refractivity contribution is 8.13. The number of aliphatic hydroxyl groups is 3. The van der Waals surface area contributed by atoms with Crippen LogP contribution in [-0.4, -0.2) is 134 Å². The zero-order valence-electron chi connectivity index (χ0n) is 38.7. The fourth-order valence-electron chi connectivity index (χ4n) is 7.03. The maximum Gasteiger partial charge on any atom is 0.481 e. The molecule has 3 rings (SSSR count). The third-order valence-electron chi connectivity index (χ3n) is 10.8. The van der Waals surface area contributed by atoms with E-state index in [9.17, 15) is 63.0 Å². The number of hydrogen-bond acceptors (Lipinski definition) is 19. The Morgan fingerprint density at radius 2 is 1.49 bits per heavy atom. The lowest BCUT2D eigenvalue weighted by molar-refractivity contribution is -0.137. The minimum absolute atomic E-state index is 0.0308. The fourth-order valence-corrected chi connectivity index (χ4v) is 10.6. The van der Waals surface area contributed by atoms with E-state index in [4.69, 9.17) is 19.5 Å². The number of nitrogen functional groups attached to an aromatic ring is 1. The van der Waals surface area contributed by atoms with Gasteiger partial charge in [-0.2, -0.15) is 4.31 Å². The number of thioether (sulfide) groups is 1. The number of phosphoric ester groups is 3. The normalized spacial score (nSPS) is 20.4. The van der Waals surface area contributed by atoms with E-state index in [0.29, 0.717) is 12.2 Å². The summed E-state index contributed by atoms with van der Waals surface area (Å²) in [5, 5.41) is 36.7. The van der Waals surface area contributed by atoms with Gasteiger partial charge in [-0.3, -0.25) is 32.5 Å². The van der Waals surface area contributed by atoms with Crippen LogP contribution in [0.25, 0.3) is 11.2 Å². The third-order valence-corrected chi connectivity index (χ3v) is 14.9. The molecule has 1 saturated heterocycles. The molecule has 2 amide bonds. The van der Waals surface area contributed by atoms with Crippen molar-refractivity contribution in [1.29, 1.82) is 0 Å². The van der Waals surface area contributed by atoms with Crippen LogP contribution in [0.2, 0.25) is 0 Å². The summed E-state index contributed by atoms with van der Waals surface area (Å²) < 4.78 is 62.4. The molecule has 0 bridgehead atoms. The first-order chi connectivity index (χ1) is 31.9. The lowest BCUT2D eigenvalue weighted by Crippen LogP contribution is -2.46. The number of carbonyl (C=O) groups is 3. The zero-order chi connectivity index (χ0) is 50.5. The predicted molar refractivity (Wildman–Crippen MR) is 248 cm³/mol. The standard InChI is InChI=1S/C39H70N7O18P3S/c1-4-5-6-13-16-27(47)17-14-11-9-7-8-10-12-15-18-30(49)68-22-21-41-29(48)19-20-42-37(52)34(51)39(2,3)24-61-67(58,59)64-66(56,57)60-23-28-33(63-65(53,54)55)32(50)38(62-28)46-26-45-31-35(40)43-25-44-36(31)46/h25-28,32-34,38,47,50-51H,4-24H2,1-3H3,(H,41,48)(H,42,52)(H,56,57)(H,58,59)(H2,40,43,44)(H2,53,54,55). The molecular weight excluding hydrogens is 979 g/mol. The van der Waals surface area contributed by atoms with Crippen LogP contribution in [-0.2, 0) is 50.7 Å². The second kappa shape index (κ2) is 29.1. The molecule has 0 aliphatic carbocycles. The van der Waals surface area contributed by atoms with Gasteiger partial charge in [0, 0.05) is 37.1 Å². The average Bonchev–Trinajstić information content (AvgIpc) is 3.82. The van der Waals surface area contributed by atoms with E-state index in [1.165, 1.54) is 33.1 Å². The van der Waals surface area contributed by atoms with Crippen LogP contribution in [0.3, 0.4) is 0 Å². The van der Waals surface area contributed by atoms with Gasteiger partial charge < -0.3 is 56.0 Å². The molecular formula is C39H70N7O18P3S. The Bertz CT molecular complexity index is 2030. The molecule has 0 saturated carbocycles. The van der Waals surface area contributed by atoms with Crippen molar-refractivity contribution in [2.75, 3.05) is 37.8 Å². The predicted octanol–water partition coefficient (Wildman–Crippen LogP) is 3.90. The molecule has 390 valence electrons. The van der Waals surface area contributed by atoms with Crippen molar-refractivity contribution in [2.45, 2.75) is 160 Å². The smallest absolute Gasteiger partial charge is 0.393 e. The summed E-state index contributed by atoms with van der Waals surface area (Å²) in [6, 6.07) is 0.